The molecule has 3 aromatic rings. The Kier molecular flexibility index (Phi) is 4.98. The number of benzene rings is 2. The molecular weight excluding hydrogens is 394 g/mol. The molecule has 0 radical (unpaired) electrons. The summed E-state index contributed by atoms with van der Waals surface area (Å²) in [6, 6.07) is 10.9. The summed E-state index contributed by atoms with van der Waals surface area (Å²) in [5, 5.41) is 0.918. The molecule has 0 spiro atoms. The van der Waals surface area contributed by atoms with Crippen LogP contribution in [0.5, 0.6) is 0 Å². The van der Waals surface area contributed by atoms with E-state index in [1.807, 2.05) is 44.4 Å². The Balaban J connectivity index is 1.98. The van der Waals surface area contributed by atoms with Crippen LogP contribution in [0.15, 0.2) is 50.5 Å². The van der Waals surface area contributed by atoms with Crippen LogP contribution in [0, 0.1) is 6.92 Å². The van der Waals surface area contributed by atoms with Gasteiger partial charge in [0.15, 0.2) is 5.43 Å². The lowest BCUT2D eigenvalue weighted by molar-refractivity contribution is 0.0728. The molecule has 144 valence electrons. The number of amides is 1. The van der Waals surface area contributed by atoms with Crippen LogP contribution in [0.2, 0.25) is 5.02 Å². The van der Waals surface area contributed by atoms with E-state index in [9.17, 15) is 9.59 Å². The van der Waals surface area contributed by atoms with Gasteiger partial charge in [-0.3, -0.25) is 9.59 Å². The Morgan fingerprint density at radius 1 is 1.18 bits per heavy atom. The fourth-order valence-corrected chi connectivity index (χ4v) is 4.32. The second kappa shape index (κ2) is 7.30. The predicted octanol–water partition coefficient (Wildman–Crippen LogP) is 5.43. The van der Waals surface area contributed by atoms with Gasteiger partial charge in [0.1, 0.15) is 5.58 Å². The molecule has 0 saturated carbocycles. The molecule has 0 fully saturated rings. The average molecular weight is 414 g/mol. The summed E-state index contributed by atoms with van der Waals surface area (Å²) in [6.07, 6.45) is 2.80. The van der Waals surface area contributed by atoms with Gasteiger partial charge in [0.05, 0.1) is 17.0 Å². The molecule has 0 bridgehead atoms. The summed E-state index contributed by atoms with van der Waals surface area (Å²) < 4.78 is 5.95. The summed E-state index contributed by atoms with van der Waals surface area (Å²) >= 11 is 7.89. The Morgan fingerprint density at radius 2 is 1.89 bits per heavy atom. The van der Waals surface area contributed by atoms with Gasteiger partial charge in [-0.1, -0.05) is 30.7 Å². The van der Waals surface area contributed by atoms with E-state index in [0.717, 1.165) is 22.4 Å². The second-order valence-electron chi connectivity index (χ2n) is 6.95. The van der Waals surface area contributed by atoms with Gasteiger partial charge in [0, 0.05) is 16.5 Å². The maximum atomic E-state index is 13.4. The molecule has 2 aromatic carbocycles. The minimum Gasteiger partial charge on any atom is -0.450 e. The molecule has 4 nitrogen and oxygen atoms in total. The van der Waals surface area contributed by atoms with Crippen LogP contribution in [0.25, 0.3) is 11.0 Å². The molecule has 28 heavy (non-hydrogen) atoms. The number of carbonyl (C=O) groups excluding carboxylic acids is 1. The van der Waals surface area contributed by atoms with Crippen LogP contribution in [-0.2, 0) is 0 Å². The third-order valence-electron chi connectivity index (χ3n) is 5.14. The molecule has 4 rings (SSSR count). The SMILES string of the molecule is CCCN1C(=O)c2oc3cc(C)c(Cl)cc3c(=O)c2C1c1ccc(SC)cc1. The number of thioether (sulfide) groups is 1. The number of hydrogen-bond donors (Lipinski definition) is 0. The molecule has 1 atom stereocenters. The number of aryl methyl sites for hydroxylation is 1. The highest BCUT2D eigenvalue weighted by atomic mass is 35.5. The highest BCUT2D eigenvalue weighted by Crippen LogP contribution is 2.39. The normalized spacial score (nSPS) is 16.1. The van der Waals surface area contributed by atoms with Gasteiger partial charge >= 0.3 is 0 Å². The fraction of sp³-hybridized carbons (Fsp3) is 0.273. The lowest BCUT2D eigenvalue weighted by Gasteiger charge is -2.24. The Bertz CT molecular complexity index is 1140. The molecule has 2 heterocycles. The maximum Gasteiger partial charge on any atom is 0.290 e. The van der Waals surface area contributed by atoms with Crippen molar-refractivity contribution < 1.29 is 9.21 Å². The van der Waals surface area contributed by atoms with E-state index in [4.69, 9.17) is 16.0 Å². The highest BCUT2D eigenvalue weighted by Gasteiger charge is 2.42. The lowest BCUT2D eigenvalue weighted by atomic mass is 9.98. The Morgan fingerprint density at radius 3 is 2.54 bits per heavy atom. The third-order valence-corrected chi connectivity index (χ3v) is 6.29. The van der Waals surface area contributed by atoms with Crippen LogP contribution in [-0.4, -0.2) is 23.6 Å². The van der Waals surface area contributed by atoms with Crippen molar-refractivity contribution in [1.29, 1.82) is 0 Å². The fourth-order valence-electron chi connectivity index (χ4n) is 3.75. The largest absolute Gasteiger partial charge is 0.450 e. The molecule has 1 amide bonds. The summed E-state index contributed by atoms with van der Waals surface area (Å²) in [6.45, 7) is 4.41. The van der Waals surface area contributed by atoms with Gasteiger partial charge in [-0.15, -0.1) is 11.8 Å². The Labute approximate surface area is 172 Å². The molecule has 1 aliphatic heterocycles. The number of hydrogen-bond acceptors (Lipinski definition) is 4. The van der Waals surface area contributed by atoms with Gasteiger partial charge in [0.2, 0.25) is 5.76 Å². The quantitative estimate of drug-likeness (QED) is 0.535. The van der Waals surface area contributed by atoms with E-state index in [1.54, 1.807) is 28.8 Å². The average Bonchev–Trinajstić information content (AvgIpc) is 2.96. The molecular formula is C22H20ClNO3S. The topological polar surface area (TPSA) is 50.5 Å². The summed E-state index contributed by atoms with van der Waals surface area (Å²) in [7, 11) is 0. The number of fused-ring (bicyclic) bond motifs is 2. The van der Waals surface area contributed by atoms with Gasteiger partial charge < -0.3 is 9.32 Å². The van der Waals surface area contributed by atoms with Crippen molar-refractivity contribution in [1.82, 2.24) is 4.90 Å². The van der Waals surface area contributed by atoms with E-state index in [-0.39, 0.29) is 17.1 Å². The van der Waals surface area contributed by atoms with Crippen molar-refractivity contribution in [3.63, 3.8) is 0 Å². The van der Waals surface area contributed by atoms with Gasteiger partial charge in [-0.25, -0.2) is 0 Å². The van der Waals surface area contributed by atoms with E-state index in [1.165, 1.54) is 0 Å². The number of nitrogens with zero attached hydrogens (tertiary/aromatic N) is 1. The number of carbonyl (C=O) groups is 1. The molecule has 1 unspecified atom stereocenters. The van der Waals surface area contributed by atoms with Crippen molar-refractivity contribution in [2.75, 3.05) is 12.8 Å². The smallest absolute Gasteiger partial charge is 0.290 e. The summed E-state index contributed by atoms with van der Waals surface area (Å²) in [5.41, 5.74) is 2.32. The maximum absolute atomic E-state index is 13.4. The van der Waals surface area contributed by atoms with Crippen LogP contribution in [0.3, 0.4) is 0 Å². The van der Waals surface area contributed by atoms with Crippen LogP contribution >= 0.6 is 23.4 Å². The van der Waals surface area contributed by atoms with Gasteiger partial charge in [-0.05, 0) is 55.0 Å². The second-order valence-corrected chi connectivity index (χ2v) is 8.23. The van der Waals surface area contributed by atoms with Crippen molar-refractivity contribution >= 4 is 40.2 Å². The van der Waals surface area contributed by atoms with E-state index in [0.29, 0.717) is 28.1 Å². The first kappa shape index (κ1) is 19.1. The monoisotopic (exact) mass is 413 g/mol. The zero-order valence-corrected chi connectivity index (χ0v) is 17.5. The van der Waals surface area contributed by atoms with Crippen molar-refractivity contribution in [3.05, 3.63) is 74.1 Å². The minimum absolute atomic E-state index is 0.145. The minimum atomic E-state index is -0.445. The molecule has 0 saturated heterocycles. The van der Waals surface area contributed by atoms with E-state index in [2.05, 4.69) is 0 Å². The van der Waals surface area contributed by atoms with Crippen molar-refractivity contribution in [2.24, 2.45) is 0 Å². The van der Waals surface area contributed by atoms with E-state index >= 15 is 0 Å². The first-order valence-corrected chi connectivity index (χ1v) is 10.8. The van der Waals surface area contributed by atoms with Crippen molar-refractivity contribution in [3.8, 4) is 0 Å². The standard InChI is InChI=1S/C22H20ClNO3S/c1-4-9-24-19(13-5-7-14(28-3)8-6-13)18-20(25)15-11-16(23)12(2)10-17(15)27-21(18)22(24)26/h5-8,10-11,19H,4,9H2,1-3H3. The summed E-state index contributed by atoms with van der Waals surface area (Å²) in [4.78, 5) is 29.3. The van der Waals surface area contributed by atoms with Gasteiger partial charge in [-0.2, -0.15) is 0 Å². The number of halogens is 1. The molecule has 0 N–H and O–H groups in total. The Hall–Kier alpha value is -2.24. The van der Waals surface area contributed by atoms with Gasteiger partial charge in [0.25, 0.3) is 5.91 Å². The van der Waals surface area contributed by atoms with Crippen molar-refractivity contribution in [2.45, 2.75) is 31.2 Å². The predicted molar refractivity (Wildman–Crippen MR) is 114 cm³/mol. The molecule has 6 heteroatoms. The van der Waals surface area contributed by atoms with Crippen LogP contribution < -0.4 is 5.43 Å². The number of rotatable bonds is 4. The van der Waals surface area contributed by atoms with E-state index < -0.39 is 6.04 Å². The third kappa shape index (κ3) is 2.93. The zero-order chi connectivity index (χ0) is 20.0. The van der Waals surface area contributed by atoms with Crippen LogP contribution in [0.4, 0.5) is 0 Å². The first-order valence-electron chi connectivity index (χ1n) is 9.18. The summed E-state index contributed by atoms with van der Waals surface area (Å²) in [5.74, 6) is -0.0889. The zero-order valence-electron chi connectivity index (χ0n) is 15.9. The molecule has 1 aliphatic rings. The lowest BCUT2D eigenvalue weighted by Crippen LogP contribution is -2.30. The highest BCUT2D eigenvalue weighted by molar-refractivity contribution is 7.98. The molecule has 1 aromatic heterocycles. The first-order chi connectivity index (χ1) is 13.5. The van der Waals surface area contributed by atoms with Crippen LogP contribution in [0.1, 0.15) is 46.6 Å². The molecule has 0 aliphatic carbocycles.